The molecule has 0 fully saturated rings. The highest BCUT2D eigenvalue weighted by atomic mass is 19.1. The van der Waals surface area contributed by atoms with E-state index in [4.69, 9.17) is 9.26 Å². The molecule has 0 bridgehead atoms. The van der Waals surface area contributed by atoms with Crippen molar-refractivity contribution in [2.45, 2.75) is 20.1 Å². The van der Waals surface area contributed by atoms with E-state index in [1.54, 1.807) is 43.3 Å². The van der Waals surface area contributed by atoms with Gasteiger partial charge in [0.2, 0.25) is 11.7 Å². The van der Waals surface area contributed by atoms with Crippen LogP contribution in [-0.4, -0.2) is 16.0 Å². The van der Waals surface area contributed by atoms with Gasteiger partial charge in [-0.2, -0.15) is 4.98 Å². The number of ether oxygens (including phenoxy) is 1. The van der Waals surface area contributed by atoms with E-state index in [1.807, 2.05) is 0 Å². The Balaban J connectivity index is 1.52. The first-order valence-corrected chi connectivity index (χ1v) is 7.65. The van der Waals surface area contributed by atoms with Crippen molar-refractivity contribution in [2.24, 2.45) is 0 Å². The summed E-state index contributed by atoms with van der Waals surface area (Å²) in [6, 6.07) is 12.7. The van der Waals surface area contributed by atoms with Gasteiger partial charge < -0.3 is 14.6 Å². The van der Waals surface area contributed by atoms with Gasteiger partial charge in [0, 0.05) is 19.0 Å². The molecule has 1 N–H and O–H groups in total. The van der Waals surface area contributed by atoms with Gasteiger partial charge in [-0.1, -0.05) is 17.3 Å². The maximum atomic E-state index is 12.8. The van der Waals surface area contributed by atoms with Crippen molar-refractivity contribution in [3.63, 3.8) is 0 Å². The van der Waals surface area contributed by atoms with E-state index in [1.165, 1.54) is 12.1 Å². The van der Waals surface area contributed by atoms with E-state index in [2.05, 4.69) is 15.5 Å². The van der Waals surface area contributed by atoms with Crippen LogP contribution < -0.4 is 10.1 Å². The van der Waals surface area contributed by atoms with Gasteiger partial charge in [0.1, 0.15) is 11.6 Å². The van der Waals surface area contributed by atoms with Crippen LogP contribution >= 0.6 is 0 Å². The molecule has 3 rings (SSSR count). The van der Waals surface area contributed by atoms with Crippen molar-refractivity contribution in [3.8, 4) is 5.75 Å². The zero-order chi connectivity index (χ0) is 17.6. The second-order valence-corrected chi connectivity index (χ2v) is 5.35. The molecule has 7 heteroatoms. The zero-order valence-corrected chi connectivity index (χ0v) is 13.5. The summed E-state index contributed by atoms with van der Waals surface area (Å²) >= 11 is 0. The average molecular weight is 341 g/mol. The Hall–Kier alpha value is -3.22. The smallest absolute Gasteiger partial charge is 0.251 e. The molecule has 0 aliphatic heterocycles. The van der Waals surface area contributed by atoms with Crippen molar-refractivity contribution < 1.29 is 18.4 Å². The molecular formula is C18H16FN3O3. The molecule has 0 aliphatic rings. The van der Waals surface area contributed by atoms with Crippen molar-refractivity contribution in [3.05, 3.63) is 77.2 Å². The molecule has 1 amide bonds. The first-order chi connectivity index (χ1) is 12.1. The third kappa shape index (κ3) is 4.63. The number of aromatic nitrogens is 2. The quantitative estimate of drug-likeness (QED) is 0.746. The summed E-state index contributed by atoms with van der Waals surface area (Å²) in [6.45, 7) is 2.22. The maximum Gasteiger partial charge on any atom is 0.251 e. The van der Waals surface area contributed by atoms with E-state index >= 15 is 0 Å². The molecule has 2 aromatic carbocycles. The number of nitrogens with zero attached hydrogens (tertiary/aromatic N) is 2. The van der Waals surface area contributed by atoms with E-state index in [0.29, 0.717) is 29.6 Å². The van der Waals surface area contributed by atoms with Crippen LogP contribution in [0.15, 0.2) is 53.1 Å². The molecule has 0 aliphatic carbocycles. The van der Waals surface area contributed by atoms with Crippen LogP contribution in [0.3, 0.4) is 0 Å². The lowest BCUT2D eigenvalue weighted by Crippen LogP contribution is -2.22. The van der Waals surface area contributed by atoms with Gasteiger partial charge in [0.15, 0.2) is 6.61 Å². The predicted molar refractivity (Wildman–Crippen MR) is 87.4 cm³/mol. The Morgan fingerprint density at radius 1 is 1.16 bits per heavy atom. The number of halogens is 1. The third-order valence-corrected chi connectivity index (χ3v) is 3.42. The molecule has 25 heavy (non-hydrogen) atoms. The SMILES string of the molecule is Cc1nc(COc2ccc(C(=O)NCc3ccc(F)cc3)cc2)no1. The summed E-state index contributed by atoms with van der Waals surface area (Å²) < 4.78 is 23.2. The number of nitrogens with one attached hydrogen (secondary N) is 1. The van der Waals surface area contributed by atoms with E-state index in [-0.39, 0.29) is 18.3 Å². The molecule has 1 aromatic heterocycles. The Bertz CT molecular complexity index is 845. The minimum Gasteiger partial charge on any atom is -0.485 e. The fourth-order valence-electron chi connectivity index (χ4n) is 2.14. The van der Waals surface area contributed by atoms with Gasteiger partial charge in [-0.05, 0) is 42.0 Å². The van der Waals surface area contributed by atoms with Crippen LogP contribution in [0, 0.1) is 12.7 Å². The highest BCUT2D eigenvalue weighted by Gasteiger charge is 2.07. The molecule has 0 atom stereocenters. The largest absolute Gasteiger partial charge is 0.485 e. The fourth-order valence-corrected chi connectivity index (χ4v) is 2.14. The lowest BCUT2D eigenvalue weighted by Gasteiger charge is -2.07. The summed E-state index contributed by atoms with van der Waals surface area (Å²) in [4.78, 5) is 16.2. The number of hydrogen-bond donors (Lipinski definition) is 1. The highest BCUT2D eigenvalue weighted by molar-refractivity contribution is 5.94. The number of rotatable bonds is 6. The van der Waals surface area contributed by atoms with E-state index in [0.717, 1.165) is 5.56 Å². The van der Waals surface area contributed by atoms with Crippen LogP contribution in [-0.2, 0) is 13.2 Å². The molecule has 0 radical (unpaired) electrons. The fraction of sp³-hybridized carbons (Fsp3) is 0.167. The summed E-state index contributed by atoms with van der Waals surface area (Å²) in [5.41, 5.74) is 1.33. The number of benzene rings is 2. The van der Waals surface area contributed by atoms with Gasteiger partial charge in [-0.3, -0.25) is 4.79 Å². The normalized spacial score (nSPS) is 10.5. The molecule has 1 heterocycles. The predicted octanol–water partition coefficient (Wildman–Crippen LogP) is 3.03. The minimum absolute atomic E-state index is 0.188. The number of amides is 1. The molecule has 128 valence electrons. The highest BCUT2D eigenvalue weighted by Crippen LogP contribution is 2.14. The second kappa shape index (κ2) is 7.57. The van der Waals surface area contributed by atoms with Crippen molar-refractivity contribution >= 4 is 5.91 Å². The molecule has 0 saturated heterocycles. The Morgan fingerprint density at radius 3 is 2.52 bits per heavy atom. The Morgan fingerprint density at radius 2 is 1.88 bits per heavy atom. The van der Waals surface area contributed by atoms with Gasteiger partial charge in [-0.25, -0.2) is 4.39 Å². The second-order valence-electron chi connectivity index (χ2n) is 5.35. The first-order valence-electron chi connectivity index (χ1n) is 7.65. The summed E-state index contributed by atoms with van der Waals surface area (Å²) in [7, 11) is 0. The molecule has 0 spiro atoms. The Labute approximate surface area is 143 Å². The molecule has 3 aromatic rings. The summed E-state index contributed by atoms with van der Waals surface area (Å²) in [6.07, 6.45) is 0. The average Bonchev–Trinajstić information content (AvgIpc) is 3.05. The number of carbonyl (C=O) groups is 1. The van der Waals surface area contributed by atoms with Crippen molar-refractivity contribution in [2.75, 3.05) is 0 Å². The molecule has 0 unspecified atom stereocenters. The van der Waals surface area contributed by atoms with Crippen LogP contribution in [0.1, 0.15) is 27.6 Å². The van der Waals surface area contributed by atoms with Gasteiger partial charge in [0.05, 0.1) is 0 Å². The lowest BCUT2D eigenvalue weighted by atomic mass is 10.2. The van der Waals surface area contributed by atoms with Crippen LogP contribution in [0.5, 0.6) is 5.75 Å². The molecular weight excluding hydrogens is 325 g/mol. The third-order valence-electron chi connectivity index (χ3n) is 3.42. The molecule has 0 saturated carbocycles. The summed E-state index contributed by atoms with van der Waals surface area (Å²) in [5.74, 6) is 1.01. The molecule has 6 nitrogen and oxygen atoms in total. The van der Waals surface area contributed by atoms with E-state index < -0.39 is 0 Å². The number of hydrogen-bond acceptors (Lipinski definition) is 5. The lowest BCUT2D eigenvalue weighted by molar-refractivity contribution is 0.0951. The standard InChI is InChI=1S/C18H16FN3O3/c1-12-21-17(22-25-12)11-24-16-8-4-14(5-9-16)18(23)20-10-13-2-6-15(19)7-3-13/h2-9H,10-11H2,1H3,(H,20,23). The first kappa shape index (κ1) is 16.6. The van der Waals surface area contributed by atoms with Crippen molar-refractivity contribution in [1.82, 2.24) is 15.5 Å². The maximum absolute atomic E-state index is 12.8. The summed E-state index contributed by atoms with van der Waals surface area (Å²) in [5, 5.41) is 6.52. The topological polar surface area (TPSA) is 77.2 Å². The van der Waals surface area contributed by atoms with Gasteiger partial charge >= 0.3 is 0 Å². The van der Waals surface area contributed by atoms with Crippen LogP contribution in [0.2, 0.25) is 0 Å². The zero-order valence-electron chi connectivity index (χ0n) is 13.5. The monoisotopic (exact) mass is 341 g/mol. The van der Waals surface area contributed by atoms with Crippen molar-refractivity contribution in [1.29, 1.82) is 0 Å². The van der Waals surface area contributed by atoms with Crippen LogP contribution in [0.25, 0.3) is 0 Å². The van der Waals surface area contributed by atoms with Gasteiger partial charge in [0.25, 0.3) is 5.91 Å². The minimum atomic E-state index is -0.304. The number of carbonyl (C=O) groups excluding carboxylic acids is 1. The van der Waals surface area contributed by atoms with Crippen LogP contribution in [0.4, 0.5) is 4.39 Å². The van der Waals surface area contributed by atoms with Gasteiger partial charge in [-0.15, -0.1) is 0 Å². The Kier molecular flexibility index (Phi) is 5.03. The number of aryl methyl sites for hydroxylation is 1. The van der Waals surface area contributed by atoms with E-state index in [9.17, 15) is 9.18 Å².